The van der Waals surface area contributed by atoms with Crippen LogP contribution in [0.1, 0.15) is 13.3 Å². The molecule has 0 unspecified atom stereocenters. The molecule has 4 nitrogen and oxygen atoms in total. The van der Waals surface area contributed by atoms with Crippen LogP contribution in [0.5, 0.6) is 0 Å². The molecule has 0 aliphatic heterocycles. The SMILES string of the molecule is CC[C@H](Nc1ccccc1)[Si](OC)(OC)OC. The molecule has 0 heterocycles. The van der Waals surface area contributed by atoms with Gasteiger partial charge in [0.15, 0.2) is 0 Å². The van der Waals surface area contributed by atoms with Crippen LogP contribution in [0.3, 0.4) is 0 Å². The number of nitrogens with one attached hydrogen (secondary N) is 1. The second-order valence-corrected chi connectivity index (χ2v) is 6.82. The summed E-state index contributed by atoms with van der Waals surface area (Å²) in [6.07, 6.45) is 0.872. The number of benzene rings is 1. The lowest BCUT2D eigenvalue weighted by Gasteiger charge is -2.32. The van der Waals surface area contributed by atoms with E-state index in [0.717, 1.165) is 12.1 Å². The van der Waals surface area contributed by atoms with E-state index in [1.807, 2.05) is 30.3 Å². The maximum absolute atomic E-state index is 5.49. The molecule has 96 valence electrons. The van der Waals surface area contributed by atoms with Crippen molar-refractivity contribution in [1.82, 2.24) is 0 Å². The fourth-order valence-electron chi connectivity index (χ4n) is 1.85. The summed E-state index contributed by atoms with van der Waals surface area (Å²) in [5.74, 6) is 0. The Labute approximate surface area is 104 Å². The summed E-state index contributed by atoms with van der Waals surface area (Å²) >= 11 is 0. The van der Waals surface area contributed by atoms with Gasteiger partial charge in [-0.05, 0) is 18.6 Å². The smallest absolute Gasteiger partial charge is 0.378 e. The molecular formula is C12H21NO3Si. The van der Waals surface area contributed by atoms with Crippen molar-refractivity contribution in [2.24, 2.45) is 0 Å². The molecular weight excluding hydrogens is 234 g/mol. The van der Waals surface area contributed by atoms with Gasteiger partial charge in [0.05, 0.1) is 5.67 Å². The van der Waals surface area contributed by atoms with E-state index < -0.39 is 8.80 Å². The normalized spacial score (nSPS) is 13.4. The summed E-state index contributed by atoms with van der Waals surface area (Å²) in [6, 6.07) is 10.0. The Morgan fingerprint density at radius 3 is 2.00 bits per heavy atom. The zero-order valence-electron chi connectivity index (χ0n) is 10.9. The third-order valence-corrected chi connectivity index (χ3v) is 5.92. The monoisotopic (exact) mass is 255 g/mol. The lowest BCUT2D eigenvalue weighted by Crippen LogP contribution is -2.57. The van der Waals surface area contributed by atoms with Crippen molar-refractivity contribution in [1.29, 1.82) is 0 Å². The van der Waals surface area contributed by atoms with Gasteiger partial charge >= 0.3 is 8.80 Å². The highest BCUT2D eigenvalue weighted by Crippen LogP contribution is 2.19. The molecule has 0 fully saturated rings. The first kappa shape index (κ1) is 14.2. The summed E-state index contributed by atoms with van der Waals surface area (Å²) in [7, 11) is 2.26. The highest BCUT2D eigenvalue weighted by atomic mass is 28.4. The first-order chi connectivity index (χ1) is 8.22. The first-order valence-corrected chi connectivity index (χ1v) is 7.49. The Hall–Kier alpha value is -0.883. The Morgan fingerprint density at radius 1 is 1.06 bits per heavy atom. The molecule has 0 amide bonds. The van der Waals surface area contributed by atoms with Crippen molar-refractivity contribution in [3.63, 3.8) is 0 Å². The molecule has 5 heteroatoms. The Balaban J connectivity index is 2.83. The second-order valence-electron chi connectivity index (χ2n) is 3.69. The van der Waals surface area contributed by atoms with Crippen LogP contribution in [0, 0.1) is 0 Å². The fourth-order valence-corrected chi connectivity index (χ4v) is 4.05. The van der Waals surface area contributed by atoms with Crippen LogP contribution in [0.2, 0.25) is 0 Å². The average molecular weight is 255 g/mol. The lowest BCUT2D eigenvalue weighted by molar-refractivity contribution is 0.115. The predicted molar refractivity (Wildman–Crippen MR) is 70.9 cm³/mol. The van der Waals surface area contributed by atoms with Gasteiger partial charge in [0, 0.05) is 27.0 Å². The van der Waals surface area contributed by atoms with Gasteiger partial charge in [0.1, 0.15) is 0 Å². The number of para-hydroxylation sites is 1. The predicted octanol–water partition coefficient (Wildman–Crippen LogP) is 2.29. The van der Waals surface area contributed by atoms with Gasteiger partial charge < -0.3 is 18.6 Å². The van der Waals surface area contributed by atoms with Crippen LogP contribution < -0.4 is 5.32 Å². The third-order valence-electron chi connectivity index (χ3n) is 2.80. The van der Waals surface area contributed by atoms with Crippen LogP contribution in [0.4, 0.5) is 5.69 Å². The van der Waals surface area contributed by atoms with Crippen molar-refractivity contribution in [3.8, 4) is 0 Å². The minimum absolute atomic E-state index is 0.0462. The Bertz CT molecular complexity index is 309. The van der Waals surface area contributed by atoms with Crippen LogP contribution in [-0.4, -0.2) is 35.8 Å². The van der Waals surface area contributed by atoms with Crippen molar-refractivity contribution in [2.75, 3.05) is 26.6 Å². The molecule has 0 saturated carbocycles. The summed E-state index contributed by atoms with van der Waals surface area (Å²) in [5.41, 5.74) is 1.09. The Morgan fingerprint density at radius 2 is 1.59 bits per heavy atom. The minimum Gasteiger partial charge on any atom is -0.378 e. The summed E-state index contributed by atoms with van der Waals surface area (Å²) in [6.45, 7) is 2.08. The van der Waals surface area contributed by atoms with Crippen LogP contribution in [-0.2, 0) is 13.3 Å². The molecule has 0 aliphatic rings. The maximum Gasteiger partial charge on any atom is 0.523 e. The average Bonchev–Trinajstić information content (AvgIpc) is 2.41. The third kappa shape index (κ3) is 3.29. The summed E-state index contributed by atoms with van der Waals surface area (Å²) in [5, 5.41) is 3.41. The van der Waals surface area contributed by atoms with E-state index in [1.54, 1.807) is 21.3 Å². The van der Waals surface area contributed by atoms with Crippen molar-refractivity contribution in [2.45, 2.75) is 19.0 Å². The van der Waals surface area contributed by atoms with Crippen LogP contribution in [0.25, 0.3) is 0 Å². The van der Waals surface area contributed by atoms with E-state index in [0.29, 0.717) is 0 Å². The standard InChI is InChI=1S/C12H21NO3Si/c1-5-12(17(14-2,15-3)16-4)13-11-9-7-6-8-10-11/h6-10,12-13H,5H2,1-4H3/t12-/m1/s1. The maximum atomic E-state index is 5.49. The number of anilines is 1. The topological polar surface area (TPSA) is 39.7 Å². The molecule has 1 aromatic rings. The first-order valence-electron chi connectivity index (χ1n) is 5.69. The van der Waals surface area contributed by atoms with Gasteiger partial charge in [0.2, 0.25) is 0 Å². The molecule has 0 aromatic heterocycles. The minimum atomic E-state index is -2.64. The number of hydrogen-bond donors (Lipinski definition) is 1. The summed E-state index contributed by atoms with van der Waals surface area (Å²) < 4.78 is 16.5. The van der Waals surface area contributed by atoms with Gasteiger partial charge in [-0.1, -0.05) is 25.1 Å². The molecule has 0 aliphatic carbocycles. The van der Waals surface area contributed by atoms with Crippen LogP contribution >= 0.6 is 0 Å². The number of rotatable bonds is 7. The quantitative estimate of drug-likeness (QED) is 0.759. The fraction of sp³-hybridized carbons (Fsp3) is 0.500. The largest absolute Gasteiger partial charge is 0.523 e. The molecule has 17 heavy (non-hydrogen) atoms. The van der Waals surface area contributed by atoms with Gasteiger partial charge in [0.25, 0.3) is 0 Å². The van der Waals surface area contributed by atoms with E-state index in [4.69, 9.17) is 13.3 Å². The van der Waals surface area contributed by atoms with E-state index in [-0.39, 0.29) is 5.67 Å². The van der Waals surface area contributed by atoms with Crippen molar-refractivity contribution in [3.05, 3.63) is 30.3 Å². The van der Waals surface area contributed by atoms with Crippen LogP contribution in [0.15, 0.2) is 30.3 Å². The van der Waals surface area contributed by atoms with Gasteiger partial charge in [-0.15, -0.1) is 0 Å². The van der Waals surface area contributed by atoms with Gasteiger partial charge in [-0.25, -0.2) is 0 Å². The van der Waals surface area contributed by atoms with E-state index in [2.05, 4.69) is 12.2 Å². The lowest BCUT2D eigenvalue weighted by atomic mass is 10.3. The van der Waals surface area contributed by atoms with E-state index >= 15 is 0 Å². The molecule has 0 bridgehead atoms. The van der Waals surface area contributed by atoms with Gasteiger partial charge in [-0.2, -0.15) is 0 Å². The Kier molecular flexibility index (Phi) is 5.63. The zero-order chi connectivity index (χ0) is 12.7. The molecule has 1 atom stereocenters. The molecule has 0 spiro atoms. The molecule has 1 rings (SSSR count). The molecule has 0 saturated heterocycles. The summed E-state index contributed by atoms with van der Waals surface area (Å²) in [4.78, 5) is 0. The van der Waals surface area contributed by atoms with Gasteiger partial charge in [-0.3, -0.25) is 0 Å². The molecule has 1 N–H and O–H groups in total. The highest BCUT2D eigenvalue weighted by molar-refractivity contribution is 6.63. The zero-order valence-corrected chi connectivity index (χ0v) is 11.9. The van der Waals surface area contributed by atoms with Crippen molar-refractivity contribution < 1.29 is 13.3 Å². The van der Waals surface area contributed by atoms with E-state index in [1.165, 1.54) is 0 Å². The second kappa shape index (κ2) is 6.76. The van der Waals surface area contributed by atoms with Crippen molar-refractivity contribution >= 4 is 14.5 Å². The molecule has 0 radical (unpaired) electrons. The number of hydrogen-bond acceptors (Lipinski definition) is 4. The molecule has 1 aromatic carbocycles. The highest BCUT2D eigenvalue weighted by Gasteiger charge is 2.46. The van der Waals surface area contributed by atoms with E-state index in [9.17, 15) is 0 Å².